The molecular weight excluding hydrogens is 262 g/mol. The number of carboxylic acids is 1. The van der Waals surface area contributed by atoms with Gasteiger partial charge in [0.1, 0.15) is 0 Å². The minimum atomic E-state index is -0.816. The lowest BCUT2D eigenvalue weighted by molar-refractivity contribution is -0.141. The molecule has 112 valence electrons. The molecule has 0 unspecified atom stereocenters. The third-order valence-corrected chi connectivity index (χ3v) is 4.15. The van der Waals surface area contributed by atoms with E-state index in [1.807, 2.05) is 0 Å². The number of hydrogen-bond acceptors (Lipinski definition) is 3. The summed E-state index contributed by atoms with van der Waals surface area (Å²) >= 11 is 0. The Hall–Kier alpha value is -1.79. The Morgan fingerprint density at radius 2 is 2.10 bits per heavy atom. The highest BCUT2D eigenvalue weighted by atomic mass is 16.4. The number of nitrogens with zero attached hydrogens (tertiary/aromatic N) is 1. The molecule has 0 radical (unpaired) electrons. The summed E-state index contributed by atoms with van der Waals surface area (Å²) in [6.45, 7) is 1.76. The molecule has 0 bridgehead atoms. The molecule has 0 aromatic heterocycles. The Morgan fingerprint density at radius 1 is 1.35 bits per heavy atom. The molecule has 1 aliphatic heterocycles. The third kappa shape index (κ3) is 3.61. The van der Waals surface area contributed by atoms with Crippen LogP contribution in [0.1, 0.15) is 32.1 Å². The normalized spacial score (nSPS) is 21.4. The molecule has 1 saturated heterocycles. The molecule has 7 nitrogen and oxygen atoms in total. The first kappa shape index (κ1) is 14.6. The fraction of sp³-hybridized carbons (Fsp3) is 0.769. The first-order valence-electron chi connectivity index (χ1n) is 7.02. The van der Waals surface area contributed by atoms with Crippen LogP contribution in [0, 0.1) is 5.41 Å². The maximum atomic E-state index is 12.1. The Bertz CT molecular complexity index is 406. The van der Waals surface area contributed by atoms with Crippen LogP contribution < -0.4 is 10.6 Å². The van der Waals surface area contributed by atoms with Crippen molar-refractivity contribution in [2.24, 2.45) is 5.41 Å². The molecule has 1 aliphatic carbocycles. The monoisotopic (exact) mass is 283 g/mol. The maximum Gasteiger partial charge on any atom is 0.317 e. The van der Waals surface area contributed by atoms with Crippen molar-refractivity contribution in [3.05, 3.63) is 0 Å². The number of nitrogens with one attached hydrogen (secondary N) is 2. The molecule has 1 saturated carbocycles. The van der Waals surface area contributed by atoms with Crippen LogP contribution in [-0.2, 0) is 9.59 Å². The lowest BCUT2D eigenvalue weighted by Crippen LogP contribution is -2.48. The second-order valence-corrected chi connectivity index (χ2v) is 5.67. The van der Waals surface area contributed by atoms with Crippen LogP contribution in [0.3, 0.4) is 0 Å². The molecule has 20 heavy (non-hydrogen) atoms. The molecule has 0 aromatic rings. The molecule has 7 heteroatoms. The van der Waals surface area contributed by atoms with Gasteiger partial charge in [-0.15, -0.1) is 0 Å². The Labute approximate surface area is 117 Å². The Balaban J connectivity index is 1.81. The van der Waals surface area contributed by atoms with Gasteiger partial charge >= 0.3 is 12.0 Å². The van der Waals surface area contributed by atoms with Crippen molar-refractivity contribution < 1.29 is 19.5 Å². The molecule has 0 aromatic carbocycles. The van der Waals surface area contributed by atoms with E-state index in [1.54, 1.807) is 4.90 Å². The highest BCUT2D eigenvalue weighted by molar-refractivity contribution is 5.79. The highest BCUT2D eigenvalue weighted by Crippen LogP contribution is 2.43. The Kier molecular flexibility index (Phi) is 4.46. The van der Waals surface area contributed by atoms with Crippen molar-refractivity contribution in [2.75, 3.05) is 26.2 Å². The quantitative estimate of drug-likeness (QED) is 0.684. The van der Waals surface area contributed by atoms with E-state index < -0.39 is 5.97 Å². The number of hydrogen-bond donors (Lipinski definition) is 3. The van der Waals surface area contributed by atoms with Crippen molar-refractivity contribution in [3.63, 3.8) is 0 Å². The average Bonchev–Trinajstić information content (AvgIpc) is 2.56. The summed E-state index contributed by atoms with van der Waals surface area (Å²) in [7, 11) is 0. The van der Waals surface area contributed by atoms with Gasteiger partial charge < -0.3 is 20.6 Å². The van der Waals surface area contributed by atoms with E-state index in [0.29, 0.717) is 32.6 Å². The molecule has 0 atom stereocenters. The summed E-state index contributed by atoms with van der Waals surface area (Å²) in [4.78, 5) is 35.7. The maximum absolute atomic E-state index is 12.1. The molecule has 1 heterocycles. The van der Waals surface area contributed by atoms with E-state index >= 15 is 0 Å². The van der Waals surface area contributed by atoms with Crippen molar-refractivity contribution in [1.82, 2.24) is 15.5 Å². The summed E-state index contributed by atoms with van der Waals surface area (Å²) in [6, 6.07) is -0.210. The number of aliphatic carboxylic acids is 1. The predicted octanol–water partition coefficient (Wildman–Crippen LogP) is 0.163. The van der Waals surface area contributed by atoms with E-state index in [0.717, 1.165) is 19.3 Å². The minimum Gasteiger partial charge on any atom is -0.481 e. The molecule has 2 rings (SSSR count). The highest BCUT2D eigenvalue weighted by Gasteiger charge is 2.39. The standard InChI is InChI=1S/C13H21N3O4/c17-10-2-6-16(7-5-14-10)12(20)15-9-13(3-1-4-13)8-11(18)19/h1-9H2,(H,14,17)(H,15,20)(H,18,19). The first-order chi connectivity index (χ1) is 9.51. The van der Waals surface area contributed by atoms with Crippen LogP contribution in [-0.4, -0.2) is 54.1 Å². The van der Waals surface area contributed by atoms with Gasteiger partial charge in [0.2, 0.25) is 5.91 Å². The molecule has 3 amide bonds. The summed E-state index contributed by atoms with van der Waals surface area (Å²) in [6.07, 6.45) is 3.13. The molecule has 0 spiro atoms. The fourth-order valence-electron chi connectivity index (χ4n) is 2.76. The van der Waals surface area contributed by atoms with E-state index in [1.165, 1.54) is 0 Å². The summed E-state index contributed by atoms with van der Waals surface area (Å²) in [5.74, 6) is -0.856. The van der Waals surface area contributed by atoms with Gasteiger partial charge in [-0.25, -0.2) is 4.79 Å². The summed E-state index contributed by atoms with van der Waals surface area (Å²) in [5, 5.41) is 14.5. The molecule has 2 aliphatic rings. The van der Waals surface area contributed by atoms with E-state index in [9.17, 15) is 14.4 Å². The van der Waals surface area contributed by atoms with Gasteiger partial charge in [0.05, 0.1) is 6.42 Å². The van der Waals surface area contributed by atoms with Crippen LogP contribution in [0.4, 0.5) is 4.79 Å². The molecule has 3 N–H and O–H groups in total. The van der Waals surface area contributed by atoms with Crippen molar-refractivity contribution >= 4 is 17.9 Å². The van der Waals surface area contributed by atoms with Crippen molar-refractivity contribution in [1.29, 1.82) is 0 Å². The number of carboxylic acid groups (broad SMARTS) is 1. The number of amides is 3. The van der Waals surface area contributed by atoms with Gasteiger partial charge in [0.15, 0.2) is 0 Å². The lowest BCUT2D eigenvalue weighted by atomic mass is 9.66. The van der Waals surface area contributed by atoms with Gasteiger partial charge in [0.25, 0.3) is 0 Å². The predicted molar refractivity (Wildman–Crippen MR) is 71.1 cm³/mol. The first-order valence-corrected chi connectivity index (χ1v) is 7.02. The van der Waals surface area contributed by atoms with Crippen LogP contribution >= 0.6 is 0 Å². The van der Waals surface area contributed by atoms with Gasteiger partial charge in [-0.3, -0.25) is 9.59 Å². The van der Waals surface area contributed by atoms with Crippen molar-refractivity contribution in [2.45, 2.75) is 32.1 Å². The molecular formula is C13H21N3O4. The number of carbonyl (C=O) groups is 3. The van der Waals surface area contributed by atoms with Gasteiger partial charge in [-0.2, -0.15) is 0 Å². The smallest absolute Gasteiger partial charge is 0.317 e. The van der Waals surface area contributed by atoms with Crippen LogP contribution in [0.2, 0.25) is 0 Å². The van der Waals surface area contributed by atoms with E-state index in [2.05, 4.69) is 10.6 Å². The second-order valence-electron chi connectivity index (χ2n) is 5.67. The zero-order chi connectivity index (χ0) is 14.6. The largest absolute Gasteiger partial charge is 0.481 e. The average molecular weight is 283 g/mol. The SMILES string of the molecule is O=C(O)CC1(CNC(=O)N2CCNC(=O)CC2)CCC1. The van der Waals surface area contributed by atoms with Crippen LogP contribution in [0.15, 0.2) is 0 Å². The molecule has 2 fully saturated rings. The van der Waals surface area contributed by atoms with Crippen molar-refractivity contribution in [3.8, 4) is 0 Å². The number of carbonyl (C=O) groups excluding carboxylic acids is 2. The third-order valence-electron chi connectivity index (χ3n) is 4.15. The minimum absolute atomic E-state index is 0.0401. The number of rotatable bonds is 4. The Morgan fingerprint density at radius 3 is 2.70 bits per heavy atom. The summed E-state index contributed by atoms with van der Waals surface area (Å²) < 4.78 is 0. The van der Waals surface area contributed by atoms with E-state index in [-0.39, 0.29) is 23.8 Å². The zero-order valence-electron chi connectivity index (χ0n) is 11.5. The van der Waals surface area contributed by atoms with Gasteiger partial charge in [-0.1, -0.05) is 6.42 Å². The van der Waals surface area contributed by atoms with Crippen LogP contribution in [0.25, 0.3) is 0 Å². The zero-order valence-corrected chi connectivity index (χ0v) is 11.5. The number of urea groups is 1. The second kappa shape index (κ2) is 6.11. The van der Waals surface area contributed by atoms with Gasteiger partial charge in [-0.05, 0) is 18.3 Å². The summed E-state index contributed by atoms with van der Waals surface area (Å²) in [5.41, 5.74) is -0.276. The van der Waals surface area contributed by atoms with Crippen LogP contribution in [0.5, 0.6) is 0 Å². The lowest BCUT2D eigenvalue weighted by Gasteiger charge is -2.41. The van der Waals surface area contributed by atoms with E-state index in [4.69, 9.17) is 5.11 Å². The fourth-order valence-corrected chi connectivity index (χ4v) is 2.76. The van der Waals surface area contributed by atoms with Gasteiger partial charge in [0, 0.05) is 32.6 Å². The topological polar surface area (TPSA) is 98.7 Å².